The van der Waals surface area contributed by atoms with Crippen LogP contribution in [0.2, 0.25) is 0 Å². The van der Waals surface area contributed by atoms with Gasteiger partial charge in [0.05, 0.1) is 18.0 Å². The van der Waals surface area contributed by atoms with E-state index >= 15 is 0 Å². The van der Waals surface area contributed by atoms with Gasteiger partial charge in [-0.3, -0.25) is 4.79 Å². The molecule has 0 saturated carbocycles. The Hall–Kier alpha value is -1.44. The minimum atomic E-state index is -3.48. The molecule has 26 heavy (non-hydrogen) atoms. The van der Waals surface area contributed by atoms with Crippen molar-refractivity contribution >= 4 is 21.6 Å². The number of rotatable bonds is 5. The lowest BCUT2D eigenvalue weighted by Crippen LogP contribution is -3.14. The average Bonchev–Trinajstić information content (AvgIpc) is 2.62. The topological polar surface area (TPSA) is 70.9 Å². The van der Waals surface area contributed by atoms with E-state index in [4.69, 9.17) is 0 Å². The molecular formula is C19H30N3O3S+. The van der Waals surface area contributed by atoms with Gasteiger partial charge in [0, 0.05) is 24.7 Å². The third-order valence-electron chi connectivity index (χ3n) is 5.35. The molecule has 2 atom stereocenters. The smallest absolute Gasteiger partial charge is 0.279 e. The summed E-state index contributed by atoms with van der Waals surface area (Å²) in [6.07, 6.45) is 5.30. The summed E-state index contributed by atoms with van der Waals surface area (Å²) in [5.41, 5.74) is 0.553. The Bertz CT molecular complexity index is 729. The number of likely N-dealkylation sites (tertiary alicyclic amines) is 1. The molecule has 0 aromatic heterocycles. The van der Waals surface area contributed by atoms with Crippen molar-refractivity contribution in [3.05, 3.63) is 24.3 Å². The minimum Gasteiger partial charge on any atom is -0.327 e. The monoisotopic (exact) mass is 380 g/mol. The predicted octanol–water partition coefficient (Wildman–Crippen LogP) is 1.11. The number of nitrogens with one attached hydrogen (secondary N) is 2. The van der Waals surface area contributed by atoms with Gasteiger partial charge in [-0.05, 0) is 43.9 Å². The highest BCUT2D eigenvalue weighted by Gasteiger charge is 2.26. The van der Waals surface area contributed by atoms with Crippen LogP contribution in [0.3, 0.4) is 0 Å². The normalized spacial score (nSPS) is 25.0. The number of amides is 1. The van der Waals surface area contributed by atoms with Gasteiger partial charge in [0.25, 0.3) is 5.91 Å². The fourth-order valence-corrected chi connectivity index (χ4v) is 5.54. The summed E-state index contributed by atoms with van der Waals surface area (Å²) in [4.78, 5) is 13.9. The van der Waals surface area contributed by atoms with Crippen molar-refractivity contribution in [1.29, 1.82) is 0 Å². The molecule has 2 fully saturated rings. The number of sulfonamides is 1. The fourth-order valence-electron chi connectivity index (χ4n) is 3.98. The molecule has 2 saturated heterocycles. The molecule has 1 aromatic rings. The zero-order valence-electron chi connectivity index (χ0n) is 15.5. The molecular weight excluding hydrogens is 350 g/mol. The van der Waals surface area contributed by atoms with Crippen molar-refractivity contribution in [2.24, 2.45) is 5.92 Å². The number of benzene rings is 1. The average molecular weight is 381 g/mol. The second kappa shape index (κ2) is 8.50. The Morgan fingerprint density at radius 2 is 2.00 bits per heavy atom. The molecule has 1 unspecified atom stereocenters. The summed E-state index contributed by atoms with van der Waals surface area (Å²) < 4.78 is 27.1. The maximum absolute atomic E-state index is 12.8. The van der Waals surface area contributed by atoms with Gasteiger partial charge < -0.3 is 10.2 Å². The van der Waals surface area contributed by atoms with E-state index in [2.05, 4.69) is 12.2 Å². The van der Waals surface area contributed by atoms with Gasteiger partial charge in [0.2, 0.25) is 10.0 Å². The molecule has 2 aliphatic rings. The maximum Gasteiger partial charge on any atom is 0.279 e. The number of piperidine rings is 2. The van der Waals surface area contributed by atoms with Crippen LogP contribution in [0.15, 0.2) is 29.2 Å². The lowest BCUT2D eigenvalue weighted by atomic mass is 10.0. The van der Waals surface area contributed by atoms with Crippen LogP contribution in [0.1, 0.15) is 39.0 Å². The summed E-state index contributed by atoms with van der Waals surface area (Å²) in [5.74, 6) is 0.603. The van der Waals surface area contributed by atoms with Crippen molar-refractivity contribution < 1.29 is 18.1 Å². The first-order valence-electron chi connectivity index (χ1n) is 9.69. The fraction of sp³-hybridized carbons (Fsp3) is 0.632. The van der Waals surface area contributed by atoms with Gasteiger partial charge in [0.15, 0.2) is 6.54 Å². The molecule has 0 radical (unpaired) electrons. The van der Waals surface area contributed by atoms with E-state index in [0.29, 0.717) is 31.2 Å². The van der Waals surface area contributed by atoms with Crippen LogP contribution in [0.25, 0.3) is 0 Å². The highest BCUT2D eigenvalue weighted by atomic mass is 32.2. The zero-order valence-corrected chi connectivity index (χ0v) is 16.4. The first-order chi connectivity index (χ1) is 12.4. The SMILES string of the molecule is C[C@@H]1CCC[NH+](CC(=O)Nc2cccc(S(=O)(=O)N3CCCCC3)c2)C1. The summed E-state index contributed by atoms with van der Waals surface area (Å²) in [7, 11) is -3.48. The number of carbonyl (C=O) groups is 1. The van der Waals surface area contributed by atoms with Gasteiger partial charge >= 0.3 is 0 Å². The van der Waals surface area contributed by atoms with Gasteiger partial charge in [-0.25, -0.2) is 8.42 Å². The molecule has 1 amide bonds. The zero-order chi connectivity index (χ0) is 18.6. The lowest BCUT2D eigenvalue weighted by Gasteiger charge is -2.27. The maximum atomic E-state index is 12.8. The second-order valence-corrected chi connectivity index (χ2v) is 9.61. The van der Waals surface area contributed by atoms with Crippen LogP contribution >= 0.6 is 0 Å². The largest absolute Gasteiger partial charge is 0.327 e. The Morgan fingerprint density at radius 1 is 1.23 bits per heavy atom. The molecule has 7 heteroatoms. The first kappa shape index (κ1) is 19.3. The molecule has 144 valence electrons. The third kappa shape index (κ3) is 4.84. The highest BCUT2D eigenvalue weighted by molar-refractivity contribution is 7.89. The quantitative estimate of drug-likeness (QED) is 0.804. The van der Waals surface area contributed by atoms with Crippen LogP contribution in [-0.2, 0) is 14.8 Å². The van der Waals surface area contributed by atoms with Gasteiger partial charge in [-0.1, -0.05) is 19.4 Å². The molecule has 0 spiro atoms. The van der Waals surface area contributed by atoms with Crippen molar-refractivity contribution in [1.82, 2.24) is 4.31 Å². The van der Waals surface area contributed by atoms with E-state index < -0.39 is 10.0 Å². The van der Waals surface area contributed by atoms with Gasteiger partial charge in [-0.15, -0.1) is 0 Å². The molecule has 0 bridgehead atoms. The summed E-state index contributed by atoms with van der Waals surface area (Å²) in [5, 5.41) is 2.88. The Balaban J connectivity index is 1.64. The van der Waals surface area contributed by atoms with Gasteiger partial charge in [-0.2, -0.15) is 4.31 Å². The van der Waals surface area contributed by atoms with Crippen molar-refractivity contribution in [2.45, 2.75) is 43.9 Å². The number of hydrogen-bond donors (Lipinski definition) is 2. The first-order valence-corrected chi connectivity index (χ1v) is 11.1. The molecule has 6 nitrogen and oxygen atoms in total. The van der Waals surface area contributed by atoms with Crippen LogP contribution in [-0.4, -0.2) is 51.4 Å². The number of anilines is 1. The van der Waals surface area contributed by atoms with Crippen molar-refractivity contribution in [2.75, 3.05) is 38.0 Å². The van der Waals surface area contributed by atoms with Crippen molar-refractivity contribution in [3.63, 3.8) is 0 Å². The standard InChI is InChI=1S/C19H29N3O3S/c1-16-7-6-10-21(14-16)15-19(23)20-17-8-5-9-18(13-17)26(24,25)22-11-3-2-4-12-22/h5,8-9,13,16H,2-4,6-7,10-12,14-15H2,1H3,(H,20,23)/p+1/t16-/m1/s1. The number of hydrogen-bond acceptors (Lipinski definition) is 3. The van der Waals surface area contributed by atoms with E-state index in [1.807, 2.05) is 0 Å². The number of nitrogens with zero attached hydrogens (tertiary/aromatic N) is 1. The summed E-state index contributed by atoms with van der Waals surface area (Å²) in [6.45, 7) is 5.88. The number of carbonyl (C=O) groups excluding carboxylic acids is 1. The molecule has 2 heterocycles. The van der Waals surface area contributed by atoms with Crippen LogP contribution in [0.5, 0.6) is 0 Å². The lowest BCUT2D eigenvalue weighted by molar-refractivity contribution is -0.900. The van der Waals surface area contributed by atoms with E-state index in [1.54, 1.807) is 28.6 Å². The van der Waals surface area contributed by atoms with Crippen LogP contribution in [0.4, 0.5) is 5.69 Å². The summed E-state index contributed by atoms with van der Waals surface area (Å²) in [6, 6.07) is 6.64. The second-order valence-electron chi connectivity index (χ2n) is 7.67. The molecule has 2 N–H and O–H groups in total. The van der Waals surface area contributed by atoms with Gasteiger partial charge in [0.1, 0.15) is 0 Å². The molecule has 1 aromatic carbocycles. The molecule has 0 aliphatic carbocycles. The summed E-state index contributed by atoms with van der Waals surface area (Å²) >= 11 is 0. The van der Waals surface area contributed by atoms with E-state index in [1.165, 1.54) is 11.3 Å². The molecule has 3 rings (SSSR count). The Kier molecular flexibility index (Phi) is 6.32. The van der Waals surface area contributed by atoms with E-state index in [-0.39, 0.29) is 10.8 Å². The Labute approximate surface area is 156 Å². The minimum absolute atomic E-state index is 0.0541. The van der Waals surface area contributed by atoms with Crippen LogP contribution in [0, 0.1) is 5.92 Å². The van der Waals surface area contributed by atoms with E-state index in [0.717, 1.165) is 38.8 Å². The highest BCUT2D eigenvalue weighted by Crippen LogP contribution is 2.22. The number of quaternary nitrogens is 1. The molecule has 2 aliphatic heterocycles. The van der Waals surface area contributed by atoms with Crippen LogP contribution < -0.4 is 10.2 Å². The third-order valence-corrected chi connectivity index (χ3v) is 7.24. The van der Waals surface area contributed by atoms with Crippen molar-refractivity contribution in [3.8, 4) is 0 Å². The Morgan fingerprint density at radius 3 is 2.73 bits per heavy atom. The van der Waals surface area contributed by atoms with E-state index in [9.17, 15) is 13.2 Å². The predicted molar refractivity (Wildman–Crippen MR) is 102 cm³/mol.